The van der Waals surface area contributed by atoms with Crippen LogP contribution in [0, 0.1) is 0 Å². The largest absolute Gasteiger partial charge is 0.389 e. The molecule has 4 nitrogen and oxygen atoms in total. The minimum atomic E-state index is -0.348. The molecule has 1 aliphatic heterocycles. The lowest BCUT2D eigenvalue weighted by atomic mass is 10.3. The third kappa shape index (κ3) is 5.53. The van der Waals surface area contributed by atoms with Crippen molar-refractivity contribution in [2.24, 2.45) is 0 Å². The van der Waals surface area contributed by atoms with Gasteiger partial charge in [-0.15, -0.1) is 12.4 Å². The summed E-state index contributed by atoms with van der Waals surface area (Å²) in [6.07, 6.45) is 4.96. The maximum absolute atomic E-state index is 9.85. The number of ether oxygens (including phenoxy) is 2. The molecule has 0 aromatic rings. The van der Waals surface area contributed by atoms with Gasteiger partial charge in [0.05, 0.1) is 32.0 Å². The van der Waals surface area contributed by atoms with Crippen LogP contribution >= 0.6 is 12.4 Å². The second-order valence-electron chi connectivity index (χ2n) is 4.81. The van der Waals surface area contributed by atoms with Crippen molar-refractivity contribution in [2.45, 2.75) is 37.9 Å². The molecule has 1 saturated heterocycles. The molecular weight excluding hydrogens is 242 g/mol. The first-order chi connectivity index (χ1) is 7.84. The van der Waals surface area contributed by atoms with E-state index in [4.69, 9.17) is 9.47 Å². The topological polar surface area (TPSA) is 41.9 Å². The van der Waals surface area contributed by atoms with E-state index in [1.807, 2.05) is 0 Å². The molecule has 1 atom stereocenters. The van der Waals surface area contributed by atoms with E-state index in [0.717, 1.165) is 32.8 Å². The number of nitrogens with zero attached hydrogens (tertiary/aromatic N) is 1. The first-order valence-electron chi connectivity index (χ1n) is 6.44. The van der Waals surface area contributed by atoms with Crippen molar-refractivity contribution in [3.05, 3.63) is 0 Å². The Labute approximate surface area is 110 Å². The van der Waals surface area contributed by atoms with Crippen molar-refractivity contribution in [3.63, 3.8) is 0 Å². The smallest absolute Gasteiger partial charge is 0.0900 e. The molecule has 17 heavy (non-hydrogen) atoms. The standard InChI is InChI=1S/C12H23NO3.ClH/c14-11(9-13-5-7-15-8-6-13)10-16-12-3-1-2-4-12;/h11-12,14H,1-10H2;1H. The predicted molar refractivity (Wildman–Crippen MR) is 68.7 cm³/mol. The lowest BCUT2D eigenvalue weighted by Gasteiger charge is -2.28. The van der Waals surface area contributed by atoms with E-state index in [2.05, 4.69) is 4.90 Å². The molecular formula is C12H24ClNO3. The van der Waals surface area contributed by atoms with Gasteiger partial charge in [-0.1, -0.05) is 12.8 Å². The molecule has 2 fully saturated rings. The average molecular weight is 266 g/mol. The highest BCUT2D eigenvalue weighted by atomic mass is 35.5. The van der Waals surface area contributed by atoms with Crippen molar-refractivity contribution >= 4 is 12.4 Å². The van der Waals surface area contributed by atoms with Crippen LogP contribution in [-0.4, -0.2) is 61.7 Å². The van der Waals surface area contributed by atoms with Crippen LogP contribution in [-0.2, 0) is 9.47 Å². The number of rotatable bonds is 5. The Morgan fingerprint density at radius 1 is 1.24 bits per heavy atom. The van der Waals surface area contributed by atoms with Crippen LogP contribution in [0.5, 0.6) is 0 Å². The Kier molecular flexibility index (Phi) is 7.39. The van der Waals surface area contributed by atoms with Crippen LogP contribution in [0.2, 0.25) is 0 Å². The van der Waals surface area contributed by atoms with Gasteiger partial charge in [0.15, 0.2) is 0 Å². The summed E-state index contributed by atoms with van der Waals surface area (Å²) in [7, 11) is 0. The molecule has 1 aliphatic carbocycles. The Morgan fingerprint density at radius 2 is 1.88 bits per heavy atom. The summed E-state index contributed by atoms with van der Waals surface area (Å²) in [4.78, 5) is 2.24. The van der Waals surface area contributed by atoms with E-state index >= 15 is 0 Å². The lowest BCUT2D eigenvalue weighted by molar-refractivity contribution is -0.0341. The maximum Gasteiger partial charge on any atom is 0.0900 e. The highest BCUT2D eigenvalue weighted by molar-refractivity contribution is 5.85. The zero-order valence-corrected chi connectivity index (χ0v) is 11.2. The second kappa shape index (κ2) is 8.27. The second-order valence-corrected chi connectivity index (χ2v) is 4.81. The highest BCUT2D eigenvalue weighted by Crippen LogP contribution is 2.20. The van der Waals surface area contributed by atoms with Crippen molar-refractivity contribution in [1.82, 2.24) is 4.90 Å². The van der Waals surface area contributed by atoms with Gasteiger partial charge in [-0.25, -0.2) is 0 Å². The van der Waals surface area contributed by atoms with Gasteiger partial charge >= 0.3 is 0 Å². The summed E-state index contributed by atoms with van der Waals surface area (Å²) < 4.78 is 11.0. The molecule has 0 spiro atoms. The zero-order valence-electron chi connectivity index (χ0n) is 10.3. The maximum atomic E-state index is 9.85. The minimum Gasteiger partial charge on any atom is -0.389 e. The summed E-state index contributed by atoms with van der Waals surface area (Å²) in [5, 5.41) is 9.85. The first-order valence-corrected chi connectivity index (χ1v) is 6.44. The molecule has 1 saturated carbocycles. The zero-order chi connectivity index (χ0) is 11.2. The molecule has 1 unspecified atom stereocenters. The van der Waals surface area contributed by atoms with Gasteiger partial charge in [0.1, 0.15) is 0 Å². The quantitative estimate of drug-likeness (QED) is 0.807. The minimum absolute atomic E-state index is 0. The van der Waals surface area contributed by atoms with Crippen molar-refractivity contribution in [2.75, 3.05) is 39.5 Å². The average Bonchev–Trinajstić information content (AvgIpc) is 2.81. The van der Waals surface area contributed by atoms with Gasteiger partial charge in [0, 0.05) is 19.6 Å². The molecule has 0 amide bonds. The van der Waals surface area contributed by atoms with Gasteiger partial charge in [-0.05, 0) is 12.8 Å². The fraction of sp³-hybridized carbons (Fsp3) is 1.00. The highest BCUT2D eigenvalue weighted by Gasteiger charge is 2.19. The Balaban J connectivity index is 0.00000144. The number of aliphatic hydroxyl groups excluding tert-OH is 1. The number of morpholine rings is 1. The predicted octanol–water partition coefficient (Wildman–Crippen LogP) is 1.06. The van der Waals surface area contributed by atoms with Crippen LogP contribution < -0.4 is 0 Å². The number of hydrogen-bond donors (Lipinski definition) is 1. The Bertz CT molecular complexity index is 194. The molecule has 1 N–H and O–H groups in total. The summed E-state index contributed by atoms with van der Waals surface area (Å²) >= 11 is 0. The van der Waals surface area contributed by atoms with Crippen LogP contribution in [0.25, 0.3) is 0 Å². The van der Waals surface area contributed by atoms with Gasteiger partial charge in [0.25, 0.3) is 0 Å². The third-order valence-electron chi connectivity index (χ3n) is 3.40. The number of hydrogen-bond acceptors (Lipinski definition) is 4. The van der Waals surface area contributed by atoms with E-state index in [9.17, 15) is 5.11 Å². The molecule has 2 rings (SSSR count). The van der Waals surface area contributed by atoms with Gasteiger partial charge in [-0.3, -0.25) is 4.90 Å². The molecule has 1 heterocycles. The van der Waals surface area contributed by atoms with Gasteiger partial charge < -0.3 is 14.6 Å². The fourth-order valence-electron chi connectivity index (χ4n) is 2.44. The Morgan fingerprint density at radius 3 is 2.53 bits per heavy atom. The molecule has 0 aromatic heterocycles. The molecule has 0 bridgehead atoms. The number of β-amino-alcohol motifs (C(OH)–C–C–N with tert-alkyl or cyclic N) is 1. The van der Waals surface area contributed by atoms with Gasteiger partial charge in [-0.2, -0.15) is 0 Å². The Hall–Kier alpha value is 0.130. The van der Waals surface area contributed by atoms with E-state index in [1.165, 1.54) is 25.7 Å². The van der Waals surface area contributed by atoms with E-state index in [1.54, 1.807) is 0 Å². The summed E-state index contributed by atoms with van der Waals surface area (Å²) in [5.41, 5.74) is 0. The van der Waals surface area contributed by atoms with Crippen LogP contribution in [0.3, 0.4) is 0 Å². The normalized spacial score (nSPS) is 24.5. The van der Waals surface area contributed by atoms with Crippen molar-refractivity contribution in [3.8, 4) is 0 Å². The van der Waals surface area contributed by atoms with E-state index in [-0.39, 0.29) is 18.5 Å². The molecule has 102 valence electrons. The summed E-state index contributed by atoms with van der Waals surface area (Å²) in [6.45, 7) is 4.64. The van der Waals surface area contributed by atoms with Gasteiger partial charge in [0.2, 0.25) is 0 Å². The molecule has 5 heteroatoms. The molecule has 0 radical (unpaired) electrons. The summed E-state index contributed by atoms with van der Waals surface area (Å²) in [5.74, 6) is 0. The summed E-state index contributed by atoms with van der Waals surface area (Å²) in [6, 6.07) is 0. The van der Waals surface area contributed by atoms with E-state index in [0.29, 0.717) is 12.7 Å². The van der Waals surface area contributed by atoms with Crippen molar-refractivity contribution in [1.29, 1.82) is 0 Å². The van der Waals surface area contributed by atoms with Crippen LogP contribution in [0.4, 0.5) is 0 Å². The number of aliphatic hydroxyl groups is 1. The van der Waals surface area contributed by atoms with Crippen LogP contribution in [0.1, 0.15) is 25.7 Å². The monoisotopic (exact) mass is 265 g/mol. The molecule has 0 aromatic carbocycles. The SMILES string of the molecule is Cl.OC(COC1CCCC1)CN1CCOCC1. The first kappa shape index (κ1) is 15.2. The lowest BCUT2D eigenvalue weighted by Crippen LogP contribution is -2.42. The fourth-order valence-corrected chi connectivity index (χ4v) is 2.44. The van der Waals surface area contributed by atoms with E-state index < -0.39 is 0 Å². The van der Waals surface area contributed by atoms with Crippen LogP contribution in [0.15, 0.2) is 0 Å². The third-order valence-corrected chi connectivity index (χ3v) is 3.40. The molecule has 2 aliphatic rings. The van der Waals surface area contributed by atoms with Crippen molar-refractivity contribution < 1.29 is 14.6 Å². The number of halogens is 1.